The third-order valence-electron chi connectivity index (χ3n) is 6.46. The van der Waals surface area contributed by atoms with E-state index in [0.717, 1.165) is 35.5 Å². The van der Waals surface area contributed by atoms with Crippen LogP contribution in [0.1, 0.15) is 30.0 Å². The van der Waals surface area contributed by atoms with Crippen LogP contribution < -0.4 is 15.5 Å². The van der Waals surface area contributed by atoms with Crippen LogP contribution in [0.2, 0.25) is 10.0 Å². The summed E-state index contributed by atoms with van der Waals surface area (Å²) in [7, 11) is 0. The molecular weight excluding hydrogens is 567 g/mol. The number of aryl methyl sites for hydroxylation is 1. The van der Waals surface area contributed by atoms with Crippen LogP contribution in [-0.4, -0.2) is 39.1 Å². The monoisotopic (exact) mass is 592 g/mol. The number of amides is 1. The molecule has 0 saturated heterocycles. The number of halogens is 2. The number of benzene rings is 3. The zero-order valence-electron chi connectivity index (χ0n) is 22.0. The first-order valence-electron chi connectivity index (χ1n) is 12.7. The number of carbonyl (C=O) groups excluding carboxylic acids is 1. The number of nitrogens with zero attached hydrogens (tertiary/aromatic N) is 4. The maximum absolute atomic E-state index is 12.8. The molecular formula is C29H26Cl2N6O2S. The summed E-state index contributed by atoms with van der Waals surface area (Å²) in [6.45, 7) is 8.08. The van der Waals surface area contributed by atoms with Gasteiger partial charge >= 0.3 is 0 Å². The molecule has 2 heterocycles. The summed E-state index contributed by atoms with van der Waals surface area (Å²) in [4.78, 5) is 16.7. The fraction of sp³-hybridized carbons (Fsp3) is 0.172. The molecule has 204 valence electrons. The Bertz CT molecular complexity index is 1710. The number of thiocarbonyl (C=S) groups is 1. The predicted molar refractivity (Wildman–Crippen MR) is 165 cm³/mol. The van der Waals surface area contributed by atoms with Gasteiger partial charge in [-0.05, 0) is 99.2 Å². The topological polar surface area (TPSA) is 88.2 Å². The second kappa shape index (κ2) is 11.7. The Hall–Kier alpha value is -3.92. The Kier molecular flexibility index (Phi) is 8.07. The quantitative estimate of drug-likeness (QED) is 0.192. The third kappa shape index (κ3) is 5.67. The van der Waals surface area contributed by atoms with Gasteiger partial charge in [-0.2, -0.15) is 4.80 Å². The van der Waals surface area contributed by atoms with Gasteiger partial charge < -0.3 is 14.6 Å². The van der Waals surface area contributed by atoms with E-state index in [9.17, 15) is 4.79 Å². The number of anilines is 2. The Morgan fingerprint density at radius 1 is 1.00 bits per heavy atom. The Labute approximate surface area is 246 Å². The van der Waals surface area contributed by atoms with E-state index < -0.39 is 5.91 Å². The van der Waals surface area contributed by atoms with E-state index in [2.05, 4.69) is 51.7 Å². The first-order valence-corrected chi connectivity index (χ1v) is 13.8. The SMILES string of the molecule is CCN(CC)c1ccc(-n2nc3cc(C)c(NC(=S)NC(=O)c4ccc(-c5cccc(Cl)c5Cl)o4)cc3n2)cc1. The third-order valence-corrected chi connectivity index (χ3v) is 7.48. The van der Waals surface area contributed by atoms with Crippen LogP contribution in [0, 0.1) is 6.92 Å². The lowest BCUT2D eigenvalue weighted by molar-refractivity contribution is 0.0951. The number of carbonyl (C=O) groups is 1. The van der Waals surface area contributed by atoms with Crippen LogP contribution in [0.3, 0.4) is 0 Å². The molecule has 0 aliphatic heterocycles. The van der Waals surface area contributed by atoms with Crippen molar-refractivity contribution in [3.8, 4) is 17.0 Å². The van der Waals surface area contributed by atoms with Gasteiger partial charge in [0.15, 0.2) is 10.9 Å². The van der Waals surface area contributed by atoms with Gasteiger partial charge in [0.1, 0.15) is 16.8 Å². The van der Waals surface area contributed by atoms with Gasteiger partial charge in [-0.1, -0.05) is 29.3 Å². The molecule has 0 fully saturated rings. The van der Waals surface area contributed by atoms with Gasteiger partial charge in [-0.25, -0.2) is 0 Å². The molecule has 2 N–H and O–H groups in total. The normalized spacial score (nSPS) is 11.0. The molecule has 3 aromatic carbocycles. The molecule has 0 bridgehead atoms. The highest BCUT2D eigenvalue weighted by Gasteiger charge is 2.17. The molecule has 11 heteroatoms. The van der Waals surface area contributed by atoms with Crippen LogP contribution in [0.15, 0.2) is 71.1 Å². The van der Waals surface area contributed by atoms with Crippen molar-refractivity contribution in [2.75, 3.05) is 23.3 Å². The van der Waals surface area contributed by atoms with Crippen LogP contribution in [-0.2, 0) is 0 Å². The highest BCUT2D eigenvalue weighted by atomic mass is 35.5. The van der Waals surface area contributed by atoms with Gasteiger partial charge in [0, 0.05) is 30.0 Å². The predicted octanol–water partition coefficient (Wildman–Crippen LogP) is 7.27. The first-order chi connectivity index (χ1) is 19.3. The molecule has 0 atom stereocenters. The minimum Gasteiger partial charge on any atom is -0.451 e. The fourth-order valence-corrected chi connectivity index (χ4v) is 4.92. The molecule has 0 unspecified atom stereocenters. The van der Waals surface area contributed by atoms with E-state index in [0.29, 0.717) is 32.6 Å². The summed E-state index contributed by atoms with van der Waals surface area (Å²) in [5.41, 5.74) is 5.63. The van der Waals surface area contributed by atoms with Crippen LogP contribution >= 0.6 is 35.4 Å². The van der Waals surface area contributed by atoms with Crippen molar-refractivity contribution in [1.82, 2.24) is 20.3 Å². The van der Waals surface area contributed by atoms with E-state index >= 15 is 0 Å². The largest absolute Gasteiger partial charge is 0.451 e. The highest BCUT2D eigenvalue weighted by molar-refractivity contribution is 7.80. The van der Waals surface area contributed by atoms with Gasteiger partial charge in [0.2, 0.25) is 0 Å². The zero-order valence-corrected chi connectivity index (χ0v) is 24.4. The number of rotatable bonds is 7. The second-order valence-corrected chi connectivity index (χ2v) is 10.2. The number of aromatic nitrogens is 3. The van der Waals surface area contributed by atoms with E-state index in [4.69, 9.17) is 39.8 Å². The van der Waals surface area contributed by atoms with Gasteiger partial charge in [-0.15, -0.1) is 10.2 Å². The average Bonchev–Trinajstić information content (AvgIpc) is 3.59. The lowest BCUT2D eigenvalue weighted by atomic mass is 10.2. The van der Waals surface area contributed by atoms with Crippen molar-refractivity contribution in [3.63, 3.8) is 0 Å². The lowest BCUT2D eigenvalue weighted by Gasteiger charge is -2.20. The number of fused-ring (bicyclic) bond motifs is 1. The summed E-state index contributed by atoms with van der Waals surface area (Å²) >= 11 is 17.8. The van der Waals surface area contributed by atoms with E-state index in [-0.39, 0.29) is 10.9 Å². The first kappa shape index (κ1) is 27.6. The maximum Gasteiger partial charge on any atom is 0.293 e. The molecule has 0 aliphatic rings. The van der Waals surface area contributed by atoms with Crippen molar-refractivity contribution in [2.45, 2.75) is 20.8 Å². The minimum atomic E-state index is -0.500. The molecule has 40 heavy (non-hydrogen) atoms. The van der Waals surface area contributed by atoms with Crippen molar-refractivity contribution in [1.29, 1.82) is 0 Å². The van der Waals surface area contributed by atoms with Crippen molar-refractivity contribution < 1.29 is 9.21 Å². The maximum atomic E-state index is 12.8. The van der Waals surface area contributed by atoms with E-state index in [1.54, 1.807) is 35.1 Å². The summed E-state index contributed by atoms with van der Waals surface area (Å²) in [6.07, 6.45) is 0. The molecule has 0 aliphatic carbocycles. The number of furan rings is 1. The number of nitrogens with one attached hydrogen (secondary N) is 2. The number of hydrogen-bond donors (Lipinski definition) is 2. The lowest BCUT2D eigenvalue weighted by Crippen LogP contribution is -2.34. The molecule has 0 radical (unpaired) electrons. The summed E-state index contributed by atoms with van der Waals surface area (Å²) in [5.74, 6) is 0.000611. The van der Waals surface area contributed by atoms with Gasteiger partial charge in [0.05, 0.1) is 15.7 Å². The standard InChI is InChI=1S/C29H26Cl2N6O2S/c1-4-36(5-2)18-9-11-19(12-10-18)37-34-23-15-17(3)22(16-24(23)35-37)32-29(40)33-28(38)26-14-13-25(39-26)20-7-6-8-21(30)27(20)31/h6-16H,4-5H2,1-3H3,(H2,32,33,38,40). The molecule has 2 aromatic heterocycles. The minimum absolute atomic E-state index is 0.0809. The zero-order chi connectivity index (χ0) is 28.4. The van der Waals surface area contributed by atoms with Crippen LogP contribution in [0.5, 0.6) is 0 Å². The molecule has 0 spiro atoms. The summed E-state index contributed by atoms with van der Waals surface area (Å²) < 4.78 is 5.71. The van der Waals surface area contributed by atoms with Crippen molar-refractivity contribution in [3.05, 3.63) is 88.1 Å². The van der Waals surface area contributed by atoms with Crippen LogP contribution in [0.4, 0.5) is 11.4 Å². The van der Waals surface area contributed by atoms with Gasteiger partial charge in [0.25, 0.3) is 5.91 Å². The van der Waals surface area contributed by atoms with E-state index in [1.165, 1.54) is 0 Å². The molecule has 0 saturated carbocycles. The molecule has 1 amide bonds. The smallest absolute Gasteiger partial charge is 0.293 e. The van der Waals surface area contributed by atoms with Crippen LogP contribution in [0.25, 0.3) is 28.0 Å². The average molecular weight is 594 g/mol. The van der Waals surface area contributed by atoms with Gasteiger partial charge in [-0.3, -0.25) is 10.1 Å². The molecule has 5 aromatic rings. The Morgan fingerprint density at radius 2 is 1.70 bits per heavy atom. The fourth-order valence-electron chi connectivity index (χ4n) is 4.32. The van der Waals surface area contributed by atoms with Crippen molar-refractivity contribution >= 4 is 68.8 Å². The molecule has 5 rings (SSSR count). The highest BCUT2D eigenvalue weighted by Crippen LogP contribution is 2.34. The molecule has 8 nitrogen and oxygen atoms in total. The number of hydrogen-bond acceptors (Lipinski definition) is 6. The second-order valence-electron chi connectivity index (χ2n) is 9.01. The summed E-state index contributed by atoms with van der Waals surface area (Å²) in [6, 6.07) is 20.3. The summed E-state index contributed by atoms with van der Waals surface area (Å²) in [5, 5.41) is 15.9. The Morgan fingerprint density at radius 3 is 2.40 bits per heavy atom. The Balaban J connectivity index is 1.29. The van der Waals surface area contributed by atoms with E-state index in [1.807, 2.05) is 31.2 Å². The van der Waals surface area contributed by atoms with Crippen molar-refractivity contribution in [2.24, 2.45) is 0 Å².